The molecule has 7 heteroatoms. The quantitative estimate of drug-likeness (QED) is 0.598. The first-order valence-corrected chi connectivity index (χ1v) is 6.00. The highest BCUT2D eigenvalue weighted by Crippen LogP contribution is 2.27. The van der Waals surface area contributed by atoms with Gasteiger partial charge >= 0.3 is 0 Å². The maximum absolute atomic E-state index is 12.0. The van der Waals surface area contributed by atoms with Crippen LogP contribution in [0.3, 0.4) is 0 Å². The normalized spacial score (nSPS) is 20.1. The molecule has 0 bridgehead atoms. The van der Waals surface area contributed by atoms with Crippen molar-refractivity contribution < 1.29 is 14.3 Å². The molecular formula is C12H15BN3O3. The summed E-state index contributed by atoms with van der Waals surface area (Å²) in [7, 11) is 2.95. The lowest BCUT2D eigenvalue weighted by atomic mass is 9.83. The summed E-state index contributed by atoms with van der Waals surface area (Å²) in [6.45, 7) is 1.05. The number of nitrogen functional groups attached to an aromatic ring is 1. The van der Waals surface area contributed by atoms with E-state index in [1.165, 1.54) is 14.5 Å². The molecular weight excluding hydrogens is 245 g/mol. The average Bonchev–Trinajstić information content (AvgIpc) is 2.41. The maximum atomic E-state index is 12.0. The van der Waals surface area contributed by atoms with Gasteiger partial charge in [0, 0.05) is 19.2 Å². The summed E-state index contributed by atoms with van der Waals surface area (Å²) in [5.74, 6) is 0.191. The van der Waals surface area contributed by atoms with Gasteiger partial charge in [-0.3, -0.25) is 4.79 Å². The Balaban J connectivity index is 2.21. The summed E-state index contributed by atoms with van der Waals surface area (Å²) in [5, 5.41) is 0. The van der Waals surface area contributed by atoms with Crippen LogP contribution < -0.4 is 10.5 Å². The minimum absolute atomic E-state index is 0.141. The number of pyridine rings is 1. The number of carbonyl (C=O) groups is 2. The molecule has 1 aliphatic rings. The largest absolute Gasteiger partial charge is 0.480 e. The van der Waals surface area contributed by atoms with E-state index in [-0.39, 0.29) is 11.7 Å². The SMILES string of the molecule is COc1ncc(C2CN([B]C=O)CCC2=O)cc1N. The molecule has 1 aromatic rings. The smallest absolute Gasteiger partial charge is 0.293 e. The monoisotopic (exact) mass is 260 g/mol. The van der Waals surface area contributed by atoms with Crippen molar-refractivity contribution >= 4 is 25.1 Å². The predicted octanol–water partition coefficient (Wildman–Crippen LogP) is -0.160. The lowest BCUT2D eigenvalue weighted by Gasteiger charge is -2.30. The van der Waals surface area contributed by atoms with E-state index in [2.05, 4.69) is 4.98 Å². The number of hydrogen-bond donors (Lipinski definition) is 1. The Morgan fingerprint density at radius 3 is 3.05 bits per heavy atom. The number of piperidine rings is 1. The van der Waals surface area contributed by atoms with E-state index in [9.17, 15) is 9.59 Å². The number of hydrogen-bond acceptors (Lipinski definition) is 6. The van der Waals surface area contributed by atoms with Crippen molar-refractivity contribution in [3.8, 4) is 5.88 Å². The molecule has 0 spiro atoms. The fourth-order valence-electron chi connectivity index (χ4n) is 2.22. The molecule has 1 aliphatic heterocycles. The molecule has 0 aliphatic carbocycles. The zero-order valence-electron chi connectivity index (χ0n) is 10.7. The molecule has 1 atom stereocenters. The van der Waals surface area contributed by atoms with Gasteiger partial charge in [-0.2, -0.15) is 0 Å². The summed E-state index contributed by atoms with van der Waals surface area (Å²) in [4.78, 5) is 28.4. The highest BCUT2D eigenvalue weighted by Gasteiger charge is 2.29. The first-order chi connectivity index (χ1) is 9.15. The van der Waals surface area contributed by atoms with E-state index in [4.69, 9.17) is 10.5 Å². The topological polar surface area (TPSA) is 85.5 Å². The van der Waals surface area contributed by atoms with Gasteiger partial charge in [-0.1, -0.05) is 0 Å². The standard InChI is InChI=1S/C12H15BN3O3/c1-19-12-10(14)4-8(5-15-12)9-6-16(13-7-17)3-2-11(9)18/h4-5,7,9H,2-3,6,14H2,1H3. The van der Waals surface area contributed by atoms with Crippen molar-refractivity contribution in [3.63, 3.8) is 0 Å². The lowest BCUT2D eigenvalue weighted by molar-refractivity contribution is -0.122. The number of ether oxygens (including phenoxy) is 1. The van der Waals surface area contributed by atoms with Crippen LogP contribution in [-0.4, -0.2) is 49.4 Å². The molecule has 2 N–H and O–H groups in total. The van der Waals surface area contributed by atoms with Crippen LogP contribution in [0, 0.1) is 0 Å². The number of nitrogens with two attached hydrogens (primary N) is 1. The Labute approximate surface area is 112 Å². The third-order valence-corrected chi connectivity index (χ3v) is 3.22. The molecule has 0 saturated carbocycles. The van der Waals surface area contributed by atoms with Crippen LogP contribution in [0.4, 0.5) is 5.69 Å². The Kier molecular flexibility index (Phi) is 4.16. The van der Waals surface area contributed by atoms with Crippen LogP contribution >= 0.6 is 0 Å². The molecule has 1 radical (unpaired) electrons. The van der Waals surface area contributed by atoms with Crippen LogP contribution in [0.25, 0.3) is 0 Å². The van der Waals surface area contributed by atoms with Crippen LogP contribution in [0.5, 0.6) is 5.88 Å². The number of carbonyl (C=O) groups excluding carboxylic acids is 2. The zero-order chi connectivity index (χ0) is 13.8. The maximum Gasteiger partial charge on any atom is 0.293 e. The summed E-state index contributed by atoms with van der Waals surface area (Å²) in [6.07, 6.45) is 2.75. The molecule has 1 unspecified atom stereocenters. The number of aromatic nitrogens is 1. The number of Topliss-reactive ketones (excluding diaryl/α,β-unsaturated/α-hetero) is 1. The Bertz CT molecular complexity index is 495. The fraction of sp³-hybridized carbons (Fsp3) is 0.417. The second-order valence-electron chi connectivity index (χ2n) is 4.42. The molecule has 0 aromatic carbocycles. The van der Waals surface area contributed by atoms with Crippen molar-refractivity contribution in [2.24, 2.45) is 0 Å². The first-order valence-electron chi connectivity index (χ1n) is 6.00. The lowest BCUT2D eigenvalue weighted by Crippen LogP contribution is -2.42. The Morgan fingerprint density at radius 1 is 1.63 bits per heavy atom. The van der Waals surface area contributed by atoms with E-state index in [1.807, 2.05) is 4.81 Å². The van der Waals surface area contributed by atoms with Crippen LogP contribution in [0.15, 0.2) is 12.3 Å². The van der Waals surface area contributed by atoms with E-state index in [0.717, 1.165) is 11.7 Å². The van der Waals surface area contributed by atoms with E-state index < -0.39 is 0 Å². The van der Waals surface area contributed by atoms with Gasteiger partial charge in [-0.25, -0.2) is 4.98 Å². The molecule has 1 saturated heterocycles. The zero-order valence-corrected chi connectivity index (χ0v) is 10.7. The van der Waals surface area contributed by atoms with Crippen molar-refractivity contribution in [2.75, 3.05) is 25.9 Å². The highest BCUT2D eigenvalue weighted by molar-refractivity contribution is 6.64. The molecule has 2 heterocycles. The first kappa shape index (κ1) is 13.5. The van der Waals surface area contributed by atoms with Gasteiger partial charge in [0.2, 0.25) is 5.88 Å². The molecule has 1 aromatic heterocycles. The van der Waals surface area contributed by atoms with Gasteiger partial charge in [0.25, 0.3) is 7.41 Å². The van der Waals surface area contributed by atoms with Crippen molar-refractivity contribution in [3.05, 3.63) is 17.8 Å². The van der Waals surface area contributed by atoms with Gasteiger partial charge in [0.15, 0.2) is 0 Å². The van der Waals surface area contributed by atoms with Gasteiger partial charge < -0.3 is 20.1 Å². The van der Waals surface area contributed by atoms with Crippen molar-refractivity contribution in [2.45, 2.75) is 12.3 Å². The molecule has 0 amide bonds. The second kappa shape index (κ2) is 5.84. The number of ketones is 1. The minimum atomic E-state index is -0.300. The average molecular weight is 260 g/mol. The summed E-state index contributed by atoms with van der Waals surface area (Å²) in [5.41, 5.74) is 6.96. The highest BCUT2D eigenvalue weighted by atomic mass is 16.5. The third-order valence-electron chi connectivity index (χ3n) is 3.22. The van der Waals surface area contributed by atoms with Gasteiger partial charge in [-0.05, 0) is 18.2 Å². The van der Waals surface area contributed by atoms with Gasteiger partial charge in [-0.15, -0.1) is 0 Å². The summed E-state index contributed by atoms with van der Waals surface area (Å²) in [6, 6.07) is 1.71. The van der Waals surface area contributed by atoms with Crippen LogP contribution in [-0.2, 0) is 9.59 Å². The van der Waals surface area contributed by atoms with E-state index >= 15 is 0 Å². The predicted molar refractivity (Wildman–Crippen MR) is 71.6 cm³/mol. The van der Waals surface area contributed by atoms with Gasteiger partial charge in [0.05, 0.1) is 24.9 Å². The molecule has 6 nitrogen and oxygen atoms in total. The fourth-order valence-corrected chi connectivity index (χ4v) is 2.22. The molecule has 1 fully saturated rings. The number of nitrogens with zero attached hydrogens (tertiary/aromatic N) is 2. The molecule has 99 valence electrons. The number of methoxy groups -OCH3 is 1. The number of rotatable bonds is 4. The Morgan fingerprint density at radius 2 is 2.42 bits per heavy atom. The van der Waals surface area contributed by atoms with Crippen LogP contribution in [0.1, 0.15) is 17.9 Å². The van der Waals surface area contributed by atoms with E-state index in [0.29, 0.717) is 31.1 Å². The summed E-state index contributed by atoms with van der Waals surface area (Å²) >= 11 is 0. The Hall–Kier alpha value is -1.89. The second-order valence-corrected chi connectivity index (χ2v) is 4.42. The van der Waals surface area contributed by atoms with Crippen LogP contribution in [0.2, 0.25) is 0 Å². The molecule has 19 heavy (non-hydrogen) atoms. The van der Waals surface area contributed by atoms with Crippen molar-refractivity contribution in [1.82, 2.24) is 9.79 Å². The molecule has 2 rings (SSSR count). The van der Waals surface area contributed by atoms with E-state index in [1.54, 1.807) is 12.3 Å². The van der Waals surface area contributed by atoms with Crippen molar-refractivity contribution in [1.29, 1.82) is 0 Å². The third kappa shape index (κ3) is 2.93. The minimum Gasteiger partial charge on any atom is -0.480 e. The number of anilines is 1. The van der Waals surface area contributed by atoms with Gasteiger partial charge in [0.1, 0.15) is 5.78 Å². The summed E-state index contributed by atoms with van der Waals surface area (Å²) < 4.78 is 4.99.